The van der Waals surface area contributed by atoms with E-state index in [4.69, 9.17) is 14.6 Å². The maximum atomic E-state index is 12.9. The van der Waals surface area contributed by atoms with Gasteiger partial charge in [0.05, 0.1) is 28.7 Å². The van der Waals surface area contributed by atoms with Gasteiger partial charge in [0, 0.05) is 30.6 Å². The summed E-state index contributed by atoms with van der Waals surface area (Å²) in [6.07, 6.45) is 1.24. The molecule has 196 valence electrons. The molecule has 1 aliphatic heterocycles. The molecule has 0 saturated carbocycles. The second-order valence-corrected chi connectivity index (χ2v) is 11.3. The summed E-state index contributed by atoms with van der Waals surface area (Å²) in [6.45, 7) is 4.65. The highest BCUT2D eigenvalue weighted by Crippen LogP contribution is 2.28. The van der Waals surface area contributed by atoms with Crippen molar-refractivity contribution in [1.82, 2.24) is 14.3 Å². The summed E-state index contributed by atoms with van der Waals surface area (Å²) < 4.78 is 38.5. The Bertz CT molecular complexity index is 1380. The number of nitrogens with one attached hydrogen (secondary N) is 1. The van der Waals surface area contributed by atoms with Crippen molar-refractivity contribution >= 4 is 38.4 Å². The molecule has 2 N–H and O–H groups in total. The number of hydrogen-bond donors (Lipinski definition) is 2. The molecule has 0 unspecified atom stereocenters. The minimum Gasteiger partial charge on any atom is -0.481 e. The van der Waals surface area contributed by atoms with Gasteiger partial charge in [0.1, 0.15) is 5.75 Å². The Morgan fingerprint density at radius 2 is 1.78 bits per heavy atom. The molecule has 11 nitrogen and oxygen atoms in total. The molecule has 0 bridgehead atoms. The van der Waals surface area contributed by atoms with Gasteiger partial charge in [-0.15, -0.1) is 11.3 Å². The maximum Gasteiger partial charge on any atom is 0.309 e. The number of ether oxygens (including phenoxy) is 2. The van der Waals surface area contributed by atoms with Crippen LogP contribution in [0, 0.1) is 0 Å². The number of carbonyl (C=O) groups excluding carboxylic acids is 1. The van der Waals surface area contributed by atoms with Gasteiger partial charge in [-0.05, 0) is 51.0 Å². The molecule has 1 saturated heterocycles. The van der Waals surface area contributed by atoms with Crippen LogP contribution >= 0.6 is 11.3 Å². The molecule has 1 aromatic carbocycles. The van der Waals surface area contributed by atoms with E-state index in [9.17, 15) is 18.0 Å². The summed E-state index contributed by atoms with van der Waals surface area (Å²) in [5.74, 6) is -0.958. The molecule has 0 atom stereocenters. The highest BCUT2D eigenvalue weighted by molar-refractivity contribution is 7.89. The zero-order valence-electron chi connectivity index (χ0n) is 20.2. The number of anilines is 1. The second-order valence-electron chi connectivity index (χ2n) is 8.55. The Kier molecular flexibility index (Phi) is 8.05. The largest absolute Gasteiger partial charge is 0.481 e. The smallest absolute Gasteiger partial charge is 0.309 e. The van der Waals surface area contributed by atoms with Crippen molar-refractivity contribution in [2.45, 2.75) is 44.1 Å². The molecule has 4 rings (SSSR count). The monoisotopic (exact) mass is 546 g/mol. The van der Waals surface area contributed by atoms with Crippen LogP contribution in [0.4, 0.5) is 5.13 Å². The first kappa shape index (κ1) is 26.5. The number of hydrogen-bond acceptors (Lipinski definition) is 9. The van der Waals surface area contributed by atoms with Crippen LogP contribution in [0.3, 0.4) is 0 Å². The van der Waals surface area contributed by atoms with Crippen LogP contribution in [0.2, 0.25) is 0 Å². The van der Waals surface area contributed by atoms with E-state index in [1.165, 1.54) is 40.7 Å². The third-order valence-corrected chi connectivity index (χ3v) is 7.97. The first-order valence-corrected chi connectivity index (χ1v) is 13.9. The van der Waals surface area contributed by atoms with Crippen LogP contribution < -0.4 is 14.8 Å². The summed E-state index contributed by atoms with van der Waals surface area (Å²) in [5.41, 5.74) is 0.523. The molecule has 0 aliphatic carbocycles. The van der Waals surface area contributed by atoms with Crippen LogP contribution in [-0.4, -0.2) is 58.9 Å². The number of carboxylic acids is 1. The van der Waals surface area contributed by atoms with Gasteiger partial charge in [-0.3, -0.25) is 14.9 Å². The van der Waals surface area contributed by atoms with E-state index in [-0.39, 0.29) is 39.9 Å². The zero-order chi connectivity index (χ0) is 26.6. The van der Waals surface area contributed by atoms with Gasteiger partial charge in [0.2, 0.25) is 21.8 Å². The fourth-order valence-corrected chi connectivity index (χ4v) is 5.84. The summed E-state index contributed by atoms with van der Waals surface area (Å²) >= 11 is 1.11. The highest BCUT2D eigenvalue weighted by Gasteiger charge is 2.27. The van der Waals surface area contributed by atoms with Gasteiger partial charge in [0.25, 0.3) is 5.91 Å². The number of carbonyl (C=O) groups is 2. The standard InChI is InChI=1S/C24H26N4O7S2/c1-15(2)34-20-11-16(23(31)27-24-25-17(14-36-24)13-22(29)30)12-21(26-20)35-18-5-7-19(8-6-18)37(32,33)28-9-3-4-10-28/h5-8,11-12,14-15H,3-4,9-10,13H2,1-2H3,(H,29,30)(H,25,27,31). The van der Waals surface area contributed by atoms with Crippen molar-refractivity contribution in [1.29, 1.82) is 0 Å². The Labute approximate surface area is 218 Å². The highest BCUT2D eigenvalue weighted by atomic mass is 32.2. The van der Waals surface area contributed by atoms with Crippen LogP contribution in [-0.2, 0) is 21.2 Å². The second kappa shape index (κ2) is 11.2. The number of carboxylic acid groups (broad SMARTS) is 1. The van der Waals surface area contributed by atoms with Gasteiger partial charge in [-0.25, -0.2) is 13.4 Å². The lowest BCUT2D eigenvalue weighted by Crippen LogP contribution is -2.27. The number of amides is 1. The number of aliphatic carboxylic acids is 1. The van der Waals surface area contributed by atoms with Crippen LogP contribution in [0.1, 0.15) is 42.7 Å². The van der Waals surface area contributed by atoms with Crippen molar-refractivity contribution in [3.63, 3.8) is 0 Å². The summed E-state index contributed by atoms with van der Waals surface area (Å²) in [5, 5.41) is 13.4. The predicted octanol–water partition coefficient (Wildman–Crippen LogP) is 3.78. The third kappa shape index (κ3) is 6.81. The van der Waals surface area contributed by atoms with E-state index in [1.807, 2.05) is 13.8 Å². The van der Waals surface area contributed by atoms with Gasteiger partial charge in [-0.1, -0.05) is 0 Å². The van der Waals surface area contributed by atoms with Gasteiger partial charge < -0.3 is 14.6 Å². The first-order chi connectivity index (χ1) is 17.6. The average molecular weight is 547 g/mol. The molecule has 1 amide bonds. The zero-order valence-corrected chi connectivity index (χ0v) is 21.8. The van der Waals surface area contributed by atoms with Crippen molar-refractivity contribution in [2.75, 3.05) is 18.4 Å². The van der Waals surface area contributed by atoms with Crippen molar-refractivity contribution in [3.8, 4) is 17.5 Å². The molecular formula is C24H26N4O7S2. The number of thiazole rings is 1. The van der Waals surface area contributed by atoms with E-state index >= 15 is 0 Å². The Morgan fingerprint density at radius 3 is 2.43 bits per heavy atom. The number of sulfonamides is 1. The minimum absolute atomic E-state index is 0.0733. The fourth-order valence-electron chi connectivity index (χ4n) is 3.61. The quantitative estimate of drug-likeness (QED) is 0.387. The van der Waals surface area contributed by atoms with Gasteiger partial charge in [-0.2, -0.15) is 9.29 Å². The van der Waals surface area contributed by atoms with E-state index < -0.39 is 21.9 Å². The molecule has 2 aromatic heterocycles. The van der Waals surface area contributed by atoms with E-state index in [0.29, 0.717) is 24.5 Å². The molecule has 37 heavy (non-hydrogen) atoms. The van der Waals surface area contributed by atoms with Gasteiger partial charge in [0.15, 0.2) is 5.13 Å². The van der Waals surface area contributed by atoms with E-state index in [0.717, 1.165) is 24.2 Å². The molecule has 1 fully saturated rings. The number of benzene rings is 1. The van der Waals surface area contributed by atoms with Crippen LogP contribution in [0.5, 0.6) is 17.5 Å². The molecule has 13 heteroatoms. The third-order valence-electron chi connectivity index (χ3n) is 5.25. The fraction of sp³-hybridized carbons (Fsp3) is 0.333. The number of rotatable bonds is 10. The molecule has 3 heterocycles. The molecule has 3 aromatic rings. The first-order valence-electron chi connectivity index (χ1n) is 11.5. The minimum atomic E-state index is -3.55. The summed E-state index contributed by atoms with van der Waals surface area (Å²) in [6, 6.07) is 8.88. The molecule has 0 radical (unpaired) electrons. The van der Waals surface area contributed by atoms with Crippen molar-refractivity contribution in [2.24, 2.45) is 0 Å². The molecule has 1 aliphatic rings. The molecular weight excluding hydrogens is 520 g/mol. The Hall–Kier alpha value is -3.55. The van der Waals surface area contributed by atoms with Crippen LogP contribution in [0.15, 0.2) is 46.7 Å². The van der Waals surface area contributed by atoms with Gasteiger partial charge >= 0.3 is 5.97 Å². The topological polar surface area (TPSA) is 148 Å². The normalized spacial score (nSPS) is 14.0. The van der Waals surface area contributed by atoms with Crippen LogP contribution in [0.25, 0.3) is 0 Å². The molecule has 0 spiro atoms. The van der Waals surface area contributed by atoms with E-state index in [1.54, 1.807) is 5.38 Å². The van der Waals surface area contributed by atoms with Crippen molar-refractivity contribution < 1.29 is 32.6 Å². The lowest BCUT2D eigenvalue weighted by atomic mass is 10.2. The SMILES string of the molecule is CC(C)Oc1cc(C(=O)Nc2nc(CC(=O)O)cs2)cc(Oc2ccc(S(=O)(=O)N3CCCC3)cc2)n1. The van der Waals surface area contributed by atoms with E-state index in [2.05, 4.69) is 15.3 Å². The Balaban J connectivity index is 1.53. The number of nitrogens with zero attached hydrogens (tertiary/aromatic N) is 3. The number of aromatic nitrogens is 2. The lowest BCUT2D eigenvalue weighted by molar-refractivity contribution is -0.136. The maximum absolute atomic E-state index is 12.9. The van der Waals surface area contributed by atoms with Crippen molar-refractivity contribution in [3.05, 3.63) is 53.0 Å². The number of pyridine rings is 1. The predicted molar refractivity (Wildman–Crippen MR) is 136 cm³/mol. The lowest BCUT2D eigenvalue weighted by Gasteiger charge is -2.16. The average Bonchev–Trinajstić information content (AvgIpc) is 3.51. The summed E-state index contributed by atoms with van der Waals surface area (Å²) in [7, 11) is -3.55. The Morgan fingerprint density at radius 1 is 1.11 bits per heavy atom. The summed E-state index contributed by atoms with van der Waals surface area (Å²) in [4.78, 5) is 32.4.